The summed E-state index contributed by atoms with van der Waals surface area (Å²) in [6.45, 7) is 1.86. The van der Waals surface area contributed by atoms with E-state index in [0.29, 0.717) is 6.42 Å². The molecule has 2 amide bonds. The van der Waals surface area contributed by atoms with E-state index in [1.54, 1.807) is 0 Å². The number of nitrogens with one attached hydrogen (secondary N) is 1. The van der Waals surface area contributed by atoms with Gasteiger partial charge in [-0.15, -0.1) is 0 Å². The van der Waals surface area contributed by atoms with Crippen LogP contribution >= 0.6 is 0 Å². The number of amides is 2. The van der Waals surface area contributed by atoms with Crippen molar-refractivity contribution in [3.8, 4) is 0 Å². The molecular weight excluding hydrogens is 190 g/mol. The van der Waals surface area contributed by atoms with Crippen LogP contribution in [-0.4, -0.2) is 11.8 Å². The van der Waals surface area contributed by atoms with Crippen LogP contribution in [-0.2, 0) is 15.0 Å². The van der Waals surface area contributed by atoms with Crippen molar-refractivity contribution in [3.05, 3.63) is 35.9 Å². The number of piperidine rings is 1. The third kappa shape index (κ3) is 0.775. The number of imide groups is 1. The van der Waals surface area contributed by atoms with Gasteiger partial charge in [0.1, 0.15) is 0 Å². The SMILES string of the molecule is CC12CC1(c1ccccc1)C(=O)NC2=O. The number of carbonyl (C=O) groups is 2. The van der Waals surface area contributed by atoms with E-state index in [9.17, 15) is 9.59 Å². The molecule has 2 aliphatic rings. The van der Waals surface area contributed by atoms with Crippen LogP contribution in [0.4, 0.5) is 0 Å². The second kappa shape index (κ2) is 2.30. The van der Waals surface area contributed by atoms with E-state index in [-0.39, 0.29) is 11.8 Å². The monoisotopic (exact) mass is 201 g/mol. The van der Waals surface area contributed by atoms with E-state index in [0.717, 1.165) is 5.56 Å². The molecule has 1 saturated heterocycles. The van der Waals surface area contributed by atoms with Gasteiger partial charge in [0.15, 0.2) is 0 Å². The second-order valence-corrected chi connectivity index (χ2v) is 4.56. The molecule has 3 heteroatoms. The molecule has 0 bridgehead atoms. The largest absolute Gasteiger partial charge is 0.295 e. The van der Waals surface area contributed by atoms with Gasteiger partial charge in [-0.3, -0.25) is 14.9 Å². The minimum absolute atomic E-state index is 0.128. The highest BCUT2D eigenvalue weighted by atomic mass is 16.2. The molecule has 0 aromatic heterocycles. The summed E-state index contributed by atoms with van der Waals surface area (Å²) in [6.07, 6.45) is 0.648. The van der Waals surface area contributed by atoms with Gasteiger partial charge in [-0.05, 0) is 18.9 Å². The van der Waals surface area contributed by atoms with Gasteiger partial charge in [0.05, 0.1) is 10.8 Å². The molecule has 76 valence electrons. The van der Waals surface area contributed by atoms with Gasteiger partial charge in [-0.25, -0.2) is 0 Å². The summed E-state index contributed by atoms with van der Waals surface area (Å²) in [5.74, 6) is -0.266. The Labute approximate surface area is 87.5 Å². The normalized spacial score (nSPS) is 37.4. The standard InChI is InChI=1S/C12H11NO2/c1-11-7-12(11,10(15)13-9(11)14)8-5-3-2-4-6-8/h2-6H,7H2,1H3,(H,13,14,15). The van der Waals surface area contributed by atoms with Crippen molar-refractivity contribution in [2.24, 2.45) is 5.41 Å². The van der Waals surface area contributed by atoms with E-state index in [4.69, 9.17) is 0 Å². The maximum atomic E-state index is 11.8. The zero-order valence-electron chi connectivity index (χ0n) is 8.41. The first kappa shape index (κ1) is 8.65. The highest BCUT2D eigenvalue weighted by Gasteiger charge is 2.78. The summed E-state index contributed by atoms with van der Waals surface area (Å²) in [7, 11) is 0. The van der Waals surface area contributed by atoms with Gasteiger partial charge in [0.25, 0.3) is 0 Å². The number of carbonyl (C=O) groups excluding carboxylic acids is 2. The van der Waals surface area contributed by atoms with Gasteiger partial charge in [-0.2, -0.15) is 0 Å². The second-order valence-electron chi connectivity index (χ2n) is 4.56. The summed E-state index contributed by atoms with van der Waals surface area (Å²) < 4.78 is 0. The Hall–Kier alpha value is -1.64. The Kier molecular flexibility index (Phi) is 1.32. The molecule has 1 aromatic rings. The first-order chi connectivity index (χ1) is 7.11. The van der Waals surface area contributed by atoms with Crippen molar-refractivity contribution in [1.29, 1.82) is 0 Å². The summed E-state index contributed by atoms with van der Waals surface area (Å²) in [4.78, 5) is 23.4. The fourth-order valence-corrected chi connectivity index (χ4v) is 2.71. The van der Waals surface area contributed by atoms with Crippen molar-refractivity contribution >= 4 is 11.8 Å². The zero-order chi connectivity index (χ0) is 10.7. The average molecular weight is 201 g/mol. The summed E-state index contributed by atoms with van der Waals surface area (Å²) >= 11 is 0. The van der Waals surface area contributed by atoms with Crippen LogP contribution in [0.15, 0.2) is 30.3 Å². The van der Waals surface area contributed by atoms with Crippen molar-refractivity contribution in [2.45, 2.75) is 18.8 Å². The molecule has 3 rings (SSSR count). The molecular formula is C12H11NO2. The third-order valence-electron chi connectivity index (χ3n) is 3.82. The van der Waals surface area contributed by atoms with Gasteiger partial charge in [0, 0.05) is 0 Å². The molecule has 15 heavy (non-hydrogen) atoms. The smallest absolute Gasteiger partial charge is 0.238 e. The zero-order valence-corrected chi connectivity index (χ0v) is 8.41. The summed E-state index contributed by atoms with van der Waals surface area (Å²) in [5, 5.41) is 2.42. The lowest BCUT2D eigenvalue weighted by molar-refractivity contribution is -0.128. The molecule has 1 aromatic carbocycles. The lowest BCUT2D eigenvalue weighted by Crippen LogP contribution is -2.30. The molecule has 0 radical (unpaired) electrons. The molecule has 1 aliphatic heterocycles. The van der Waals surface area contributed by atoms with Gasteiger partial charge in [0.2, 0.25) is 11.8 Å². The number of hydrogen-bond acceptors (Lipinski definition) is 2. The number of benzene rings is 1. The highest BCUT2D eigenvalue weighted by Crippen LogP contribution is 2.67. The Balaban J connectivity index is 2.15. The van der Waals surface area contributed by atoms with Crippen molar-refractivity contribution in [1.82, 2.24) is 5.32 Å². The van der Waals surface area contributed by atoms with Crippen molar-refractivity contribution in [3.63, 3.8) is 0 Å². The van der Waals surface area contributed by atoms with Crippen LogP contribution in [0.1, 0.15) is 18.9 Å². The summed E-state index contributed by atoms with van der Waals surface area (Å²) in [5.41, 5.74) is -0.132. The quantitative estimate of drug-likeness (QED) is 0.689. The lowest BCUT2D eigenvalue weighted by Gasteiger charge is -2.10. The Bertz CT molecular complexity index is 468. The lowest BCUT2D eigenvalue weighted by atomic mass is 9.89. The predicted octanol–water partition coefficient (Wildman–Crippen LogP) is 0.991. The van der Waals surface area contributed by atoms with Gasteiger partial charge < -0.3 is 0 Å². The minimum atomic E-state index is -0.578. The maximum absolute atomic E-state index is 11.8. The number of fused-ring (bicyclic) bond motifs is 1. The molecule has 2 unspecified atom stereocenters. The predicted molar refractivity (Wildman–Crippen MR) is 54.0 cm³/mol. The molecule has 3 nitrogen and oxygen atoms in total. The van der Waals surface area contributed by atoms with E-state index < -0.39 is 10.8 Å². The molecule has 1 aliphatic carbocycles. The van der Waals surface area contributed by atoms with Crippen LogP contribution < -0.4 is 5.32 Å². The Morgan fingerprint density at radius 3 is 2.27 bits per heavy atom. The van der Waals surface area contributed by atoms with Crippen LogP contribution in [0.5, 0.6) is 0 Å². The topological polar surface area (TPSA) is 46.2 Å². The molecule has 1 saturated carbocycles. The highest BCUT2D eigenvalue weighted by molar-refractivity contribution is 6.17. The molecule has 2 fully saturated rings. The molecule has 0 spiro atoms. The van der Waals surface area contributed by atoms with E-state index in [2.05, 4.69) is 5.32 Å². The van der Waals surface area contributed by atoms with Crippen LogP contribution in [0.3, 0.4) is 0 Å². The number of hydrogen-bond donors (Lipinski definition) is 1. The Morgan fingerprint density at radius 2 is 1.80 bits per heavy atom. The van der Waals surface area contributed by atoms with Gasteiger partial charge in [-0.1, -0.05) is 30.3 Å². The number of rotatable bonds is 1. The first-order valence-corrected chi connectivity index (χ1v) is 5.03. The van der Waals surface area contributed by atoms with E-state index in [1.165, 1.54) is 0 Å². The van der Waals surface area contributed by atoms with Crippen molar-refractivity contribution < 1.29 is 9.59 Å². The summed E-state index contributed by atoms with van der Waals surface area (Å²) in [6, 6.07) is 9.55. The maximum Gasteiger partial charge on any atom is 0.238 e. The molecule has 2 atom stereocenters. The fourth-order valence-electron chi connectivity index (χ4n) is 2.71. The van der Waals surface area contributed by atoms with Crippen LogP contribution in [0, 0.1) is 5.41 Å². The fraction of sp³-hybridized carbons (Fsp3) is 0.333. The van der Waals surface area contributed by atoms with E-state index in [1.807, 2.05) is 37.3 Å². The van der Waals surface area contributed by atoms with Gasteiger partial charge >= 0.3 is 0 Å². The van der Waals surface area contributed by atoms with Crippen molar-refractivity contribution in [2.75, 3.05) is 0 Å². The molecule has 1 heterocycles. The first-order valence-electron chi connectivity index (χ1n) is 5.03. The third-order valence-corrected chi connectivity index (χ3v) is 3.82. The Morgan fingerprint density at radius 1 is 1.13 bits per heavy atom. The van der Waals surface area contributed by atoms with E-state index >= 15 is 0 Å². The van der Waals surface area contributed by atoms with Crippen LogP contribution in [0.2, 0.25) is 0 Å². The van der Waals surface area contributed by atoms with Crippen LogP contribution in [0.25, 0.3) is 0 Å². The molecule has 1 N–H and O–H groups in total. The minimum Gasteiger partial charge on any atom is -0.295 e. The average Bonchev–Trinajstić information content (AvgIpc) is 2.84.